The van der Waals surface area contributed by atoms with Crippen LogP contribution in [0, 0.1) is 5.82 Å². The lowest BCUT2D eigenvalue weighted by atomic mass is 10.0. The number of anilines is 1. The van der Waals surface area contributed by atoms with Crippen molar-refractivity contribution in [1.29, 1.82) is 0 Å². The fourth-order valence-electron chi connectivity index (χ4n) is 3.97. The van der Waals surface area contributed by atoms with Crippen molar-refractivity contribution >= 4 is 17.6 Å². The van der Waals surface area contributed by atoms with Gasteiger partial charge in [-0.15, -0.1) is 0 Å². The molecule has 4 rings (SSSR count). The quantitative estimate of drug-likeness (QED) is 0.474. The van der Waals surface area contributed by atoms with Crippen molar-refractivity contribution in [2.45, 2.75) is 25.8 Å². The predicted molar refractivity (Wildman–Crippen MR) is 126 cm³/mol. The second-order valence-electron chi connectivity index (χ2n) is 8.03. The van der Waals surface area contributed by atoms with Crippen molar-refractivity contribution in [2.75, 3.05) is 32.7 Å². The smallest absolute Gasteiger partial charge is 0.359 e. The third kappa shape index (κ3) is 5.12. The molecule has 3 aromatic rings. The van der Waals surface area contributed by atoms with Gasteiger partial charge < -0.3 is 25.3 Å². The molecule has 0 radical (unpaired) electrons. The van der Waals surface area contributed by atoms with Crippen LogP contribution in [0.5, 0.6) is 5.75 Å². The van der Waals surface area contributed by atoms with Crippen LogP contribution >= 0.6 is 0 Å². The van der Waals surface area contributed by atoms with Crippen molar-refractivity contribution in [1.82, 2.24) is 15.1 Å². The summed E-state index contributed by atoms with van der Waals surface area (Å²) in [6.45, 7) is 3.25. The average molecular weight is 483 g/mol. The maximum Gasteiger partial charge on any atom is 0.359 e. The molecule has 1 atom stereocenters. The molecule has 1 aromatic heterocycles. The molecular weight excluding hydrogens is 455 g/mol. The molecule has 184 valence electrons. The maximum absolute atomic E-state index is 13.6. The Morgan fingerprint density at radius 1 is 1.26 bits per heavy atom. The van der Waals surface area contributed by atoms with Gasteiger partial charge in [-0.1, -0.05) is 12.1 Å². The number of hydrogen-bond acceptors (Lipinski definition) is 7. The van der Waals surface area contributed by atoms with Crippen molar-refractivity contribution in [3.8, 4) is 11.4 Å². The summed E-state index contributed by atoms with van der Waals surface area (Å²) in [4.78, 5) is 25.2. The summed E-state index contributed by atoms with van der Waals surface area (Å²) in [6, 6.07) is 10.9. The Kier molecular flexibility index (Phi) is 7.31. The number of ether oxygens (including phenoxy) is 3. The van der Waals surface area contributed by atoms with Gasteiger partial charge in [0.15, 0.2) is 5.69 Å². The van der Waals surface area contributed by atoms with E-state index in [0.29, 0.717) is 30.3 Å². The van der Waals surface area contributed by atoms with E-state index in [1.54, 1.807) is 31.2 Å². The van der Waals surface area contributed by atoms with Crippen molar-refractivity contribution in [3.63, 3.8) is 0 Å². The zero-order valence-corrected chi connectivity index (χ0v) is 19.5. The Hall–Kier alpha value is -3.92. The van der Waals surface area contributed by atoms with Gasteiger partial charge in [-0.05, 0) is 49.2 Å². The van der Waals surface area contributed by atoms with E-state index >= 15 is 0 Å². The minimum atomic E-state index is -0.553. The van der Waals surface area contributed by atoms with Crippen LogP contribution in [0.15, 0.2) is 42.5 Å². The number of hydrogen-bond donors (Lipinski definition) is 2. The highest BCUT2D eigenvalue weighted by Gasteiger charge is 2.30. The molecule has 10 heteroatoms. The van der Waals surface area contributed by atoms with Gasteiger partial charge in [0.25, 0.3) is 5.91 Å². The van der Waals surface area contributed by atoms with Crippen LogP contribution in [0.2, 0.25) is 0 Å². The van der Waals surface area contributed by atoms with E-state index < -0.39 is 17.7 Å². The average Bonchev–Trinajstić information content (AvgIpc) is 3.51. The van der Waals surface area contributed by atoms with Crippen LogP contribution in [0.4, 0.5) is 10.1 Å². The second-order valence-corrected chi connectivity index (χ2v) is 8.03. The van der Waals surface area contributed by atoms with Gasteiger partial charge in [0.1, 0.15) is 11.6 Å². The van der Waals surface area contributed by atoms with Crippen LogP contribution in [0.25, 0.3) is 5.69 Å². The Labute approximate surface area is 202 Å². The summed E-state index contributed by atoms with van der Waals surface area (Å²) in [6.07, 6.45) is 0.776. The van der Waals surface area contributed by atoms with Gasteiger partial charge in [0, 0.05) is 19.1 Å². The summed E-state index contributed by atoms with van der Waals surface area (Å²) >= 11 is 0. The first kappa shape index (κ1) is 24.2. The van der Waals surface area contributed by atoms with Gasteiger partial charge in [-0.3, -0.25) is 4.79 Å². The Morgan fingerprint density at radius 3 is 2.69 bits per heavy atom. The van der Waals surface area contributed by atoms with Crippen LogP contribution in [-0.2, 0) is 16.0 Å². The SMILES string of the molecule is CCOC(=O)c1c(N)c(C2CCOC2)nn1-c1ccc(CNC(=O)c2cc(F)ccc2OC)cc1. The summed E-state index contributed by atoms with van der Waals surface area (Å²) in [7, 11) is 1.42. The first-order valence-corrected chi connectivity index (χ1v) is 11.3. The molecule has 0 bridgehead atoms. The number of rotatable bonds is 8. The van der Waals surface area contributed by atoms with Crippen molar-refractivity contribution < 1.29 is 28.2 Å². The fraction of sp³-hybridized carbons (Fsp3) is 0.320. The molecular formula is C25H27FN4O5. The number of esters is 1. The topological polar surface area (TPSA) is 118 Å². The number of halogens is 1. The van der Waals surface area contributed by atoms with E-state index in [1.165, 1.54) is 23.9 Å². The second kappa shape index (κ2) is 10.6. The monoisotopic (exact) mass is 482 g/mol. The number of nitrogens with zero attached hydrogens (tertiary/aromatic N) is 2. The van der Waals surface area contributed by atoms with Gasteiger partial charge in [-0.25, -0.2) is 13.9 Å². The number of aromatic nitrogens is 2. The fourth-order valence-corrected chi connectivity index (χ4v) is 3.97. The van der Waals surface area contributed by atoms with Gasteiger partial charge in [-0.2, -0.15) is 5.10 Å². The minimum absolute atomic E-state index is 0.0127. The third-order valence-corrected chi connectivity index (χ3v) is 5.78. The summed E-state index contributed by atoms with van der Waals surface area (Å²) in [5.41, 5.74) is 8.93. The Morgan fingerprint density at radius 2 is 2.03 bits per heavy atom. The largest absolute Gasteiger partial charge is 0.496 e. The lowest BCUT2D eigenvalue weighted by Gasteiger charge is -2.11. The molecule has 0 spiro atoms. The van der Waals surface area contributed by atoms with E-state index in [4.69, 9.17) is 19.9 Å². The summed E-state index contributed by atoms with van der Waals surface area (Å²) in [5, 5.41) is 7.38. The number of nitrogen functional groups attached to an aromatic ring is 1. The first-order chi connectivity index (χ1) is 16.9. The Balaban J connectivity index is 1.54. The zero-order valence-electron chi connectivity index (χ0n) is 19.5. The van der Waals surface area contributed by atoms with Gasteiger partial charge >= 0.3 is 5.97 Å². The zero-order chi connectivity index (χ0) is 24.9. The lowest BCUT2D eigenvalue weighted by Crippen LogP contribution is -2.23. The molecule has 1 amide bonds. The molecule has 3 N–H and O–H groups in total. The predicted octanol–water partition coefficient (Wildman–Crippen LogP) is 3.21. The van der Waals surface area contributed by atoms with E-state index in [-0.39, 0.29) is 36.1 Å². The van der Waals surface area contributed by atoms with E-state index in [1.807, 2.05) is 0 Å². The first-order valence-electron chi connectivity index (χ1n) is 11.3. The summed E-state index contributed by atoms with van der Waals surface area (Å²) < 4.78 is 30.9. The molecule has 0 aliphatic carbocycles. The van der Waals surface area contributed by atoms with Crippen molar-refractivity contribution in [2.24, 2.45) is 0 Å². The van der Waals surface area contributed by atoms with Crippen molar-refractivity contribution in [3.05, 3.63) is 70.8 Å². The highest BCUT2D eigenvalue weighted by Crippen LogP contribution is 2.32. The minimum Gasteiger partial charge on any atom is -0.496 e. The van der Waals surface area contributed by atoms with Crippen LogP contribution in [0.1, 0.15) is 51.4 Å². The van der Waals surface area contributed by atoms with Gasteiger partial charge in [0.05, 0.1) is 43.0 Å². The van der Waals surface area contributed by atoms with Gasteiger partial charge in [0.2, 0.25) is 0 Å². The Bertz CT molecular complexity index is 1220. The number of carbonyl (C=O) groups is 2. The molecule has 0 saturated carbocycles. The highest BCUT2D eigenvalue weighted by molar-refractivity contribution is 5.97. The molecule has 1 aliphatic heterocycles. The molecule has 2 heterocycles. The highest BCUT2D eigenvalue weighted by atomic mass is 19.1. The molecule has 1 unspecified atom stereocenters. The van der Waals surface area contributed by atoms with Crippen LogP contribution in [0.3, 0.4) is 0 Å². The van der Waals surface area contributed by atoms with E-state index in [9.17, 15) is 14.0 Å². The maximum atomic E-state index is 13.6. The van der Waals surface area contributed by atoms with Crippen LogP contribution < -0.4 is 15.8 Å². The molecule has 2 aromatic carbocycles. The van der Waals surface area contributed by atoms with E-state index in [0.717, 1.165) is 18.1 Å². The molecule has 1 saturated heterocycles. The third-order valence-electron chi connectivity index (χ3n) is 5.78. The number of amides is 1. The van der Waals surface area contributed by atoms with Crippen LogP contribution in [-0.4, -0.2) is 48.6 Å². The standard InChI is InChI=1S/C25H27FN4O5/c1-3-35-25(32)23-21(27)22(16-10-11-34-14-16)29-30(23)18-7-4-15(5-8-18)13-28-24(31)19-12-17(26)6-9-20(19)33-2/h4-9,12,16H,3,10-11,13-14,27H2,1-2H3,(H,28,31). The number of carbonyl (C=O) groups excluding carboxylic acids is 2. The van der Waals surface area contributed by atoms with E-state index in [2.05, 4.69) is 10.4 Å². The lowest BCUT2D eigenvalue weighted by molar-refractivity contribution is 0.0517. The molecule has 1 fully saturated rings. The number of benzene rings is 2. The summed E-state index contributed by atoms with van der Waals surface area (Å²) in [5.74, 6) is -1.25. The molecule has 35 heavy (non-hydrogen) atoms. The molecule has 9 nitrogen and oxygen atoms in total. The number of nitrogens with two attached hydrogens (primary N) is 1. The number of methoxy groups -OCH3 is 1. The number of nitrogens with one attached hydrogen (secondary N) is 1. The molecule has 1 aliphatic rings. The normalized spacial score (nSPS) is 15.1.